The first kappa shape index (κ1) is 18.0. The van der Waals surface area contributed by atoms with Gasteiger partial charge in [0.25, 0.3) is 0 Å². The Labute approximate surface area is 161 Å². The van der Waals surface area contributed by atoms with Crippen molar-refractivity contribution in [2.24, 2.45) is 7.05 Å². The maximum Gasteiger partial charge on any atom is 0.169 e. The van der Waals surface area contributed by atoms with Crippen LogP contribution in [0.2, 0.25) is 0 Å². The van der Waals surface area contributed by atoms with E-state index in [2.05, 4.69) is 35.1 Å². The maximum atomic E-state index is 11.5. The number of thiophene rings is 1. The molecule has 0 amide bonds. The van der Waals surface area contributed by atoms with Crippen LogP contribution < -0.4 is 0 Å². The SMILES string of the molecule is CC(=O)c1cc(CN2CCC(c3nnc(Cn4cncn4)n3C)CC2)cs1. The standard InChI is InChI=1S/C18H23N7OS/c1-13(26)16-7-14(10-27-16)8-24-5-3-15(4-6-24)18-22-21-17(23(18)2)9-25-12-19-11-20-25/h7,10-12,15H,3-6,8-9H2,1-2H3. The molecule has 0 atom stereocenters. The number of aromatic nitrogens is 6. The summed E-state index contributed by atoms with van der Waals surface area (Å²) in [5.41, 5.74) is 1.23. The Morgan fingerprint density at radius 1 is 1.26 bits per heavy atom. The van der Waals surface area contributed by atoms with Crippen LogP contribution in [-0.4, -0.2) is 53.3 Å². The molecule has 0 saturated carbocycles. The van der Waals surface area contributed by atoms with E-state index in [0.29, 0.717) is 12.5 Å². The maximum absolute atomic E-state index is 11.5. The summed E-state index contributed by atoms with van der Waals surface area (Å²) in [6.07, 6.45) is 5.35. The van der Waals surface area contributed by atoms with E-state index in [0.717, 1.165) is 49.0 Å². The molecule has 0 spiro atoms. The fraction of sp³-hybridized carbons (Fsp3) is 0.500. The van der Waals surface area contributed by atoms with Crippen LogP contribution in [0.4, 0.5) is 0 Å². The molecule has 142 valence electrons. The molecule has 0 aliphatic carbocycles. The summed E-state index contributed by atoms with van der Waals surface area (Å²) < 4.78 is 3.85. The number of hydrogen-bond donors (Lipinski definition) is 0. The normalized spacial score (nSPS) is 16.1. The van der Waals surface area contributed by atoms with Crippen molar-refractivity contribution in [3.8, 4) is 0 Å². The van der Waals surface area contributed by atoms with Crippen LogP contribution in [0, 0.1) is 0 Å². The van der Waals surface area contributed by atoms with E-state index in [1.54, 1.807) is 29.3 Å². The van der Waals surface area contributed by atoms with Gasteiger partial charge in [-0.1, -0.05) is 0 Å². The largest absolute Gasteiger partial charge is 0.316 e. The zero-order valence-electron chi connectivity index (χ0n) is 15.6. The number of rotatable bonds is 6. The number of carbonyl (C=O) groups is 1. The second-order valence-electron chi connectivity index (χ2n) is 7.05. The Hall–Kier alpha value is -2.39. The van der Waals surface area contributed by atoms with Crippen LogP contribution >= 0.6 is 11.3 Å². The van der Waals surface area contributed by atoms with Crippen molar-refractivity contribution in [1.29, 1.82) is 0 Å². The average molecular weight is 385 g/mol. The lowest BCUT2D eigenvalue weighted by atomic mass is 9.95. The van der Waals surface area contributed by atoms with Gasteiger partial charge in [-0.15, -0.1) is 21.5 Å². The third kappa shape index (κ3) is 3.98. The molecule has 1 fully saturated rings. The molecule has 1 saturated heterocycles. The van der Waals surface area contributed by atoms with E-state index in [1.165, 1.54) is 11.9 Å². The number of carbonyl (C=O) groups excluding carboxylic acids is 1. The van der Waals surface area contributed by atoms with Gasteiger partial charge in [-0.05, 0) is 49.9 Å². The molecule has 9 heteroatoms. The number of piperidine rings is 1. The molecule has 0 aromatic carbocycles. The molecular formula is C18H23N7OS. The molecule has 1 aliphatic rings. The minimum atomic E-state index is 0.147. The molecule has 4 heterocycles. The van der Waals surface area contributed by atoms with Gasteiger partial charge in [0.2, 0.25) is 0 Å². The summed E-state index contributed by atoms with van der Waals surface area (Å²) in [6, 6.07) is 2.03. The zero-order chi connectivity index (χ0) is 18.8. The van der Waals surface area contributed by atoms with Crippen LogP contribution in [0.3, 0.4) is 0 Å². The van der Waals surface area contributed by atoms with Gasteiger partial charge in [-0.25, -0.2) is 9.67 Å². The summed E-state index contributed by atoms with van der Waals surface area (Å²) in [5.74, 6) is 2.53. The Balaban J connectivity index is 1.35. The van der Waals surface area contributed by atoms with Crippen LogP contribution in [0.1, 0.15) is 52.6 Å². The van der Waals surface area contributed by atoms with Gasteiger partial charge < -0.3 is 4.57 Å². The number of nitrogens with zero attached hydrogens (tertiary/aromatic N) is 7. The molecule has 0 unspecified atom stereocenters. The summed E-state index contributed by atoms with van der Waals surface area (Å²) in [6.45, 7) is 5.17. The first-order chi connectivity index (χ1) is 13.1. The molecule has 0 bridgehead atoms. The summed E-state index contributed by atoms with van der Waals surface area (Å²) in [7, 11) is 2.03. The van der Waals surface area contributed by atoms with Crippen molar-refractivity contribution in [2.45, 2.75) is 38.8 Å². The third-order valence-corrected chi connectivity index (χ3v) is 6.21. The van der Waals surface area contributed by atoms with Crippen molar-refractivity contribution >= 4 is 17.1 Å². The van der Waals surface area contributed by atoms with Crippen LogP contribution in [-0.2, 0) is 20.1 Å². The van der Waals surface area contributed by atoms with E-state index in [-0.39, 0.29) is 5.78 Å². The number of Topliss-reactive ketones (excluding diaryl/α,β-unsaturated/α-hetero) is 1. The van der Waals surface area contributed by atoms with E-state index < -0.39 is 0 Å². The van der Waals surface area contributed by atoms with Gasteiger partial charge in [0, 0.05) is 19.5 Å². The highest BCUT2D eigenvalue weighted by Gasteiger charge is 2.25. The van der Waals surface area contributed by atoms with Crippen molar-refractivity contribution in [3.63, 3.8) is 0 Å². The van der Waals surface area contributed by atoms with Crippen LogP contribution in [0.25, 0.3) is 0 Å². The lowest BCUT2D eigenvalue weighted by Gasteiger charge is -2.31. The van der Waals surface area contributed by atoms with Crippen molar-refractivity contribution in [3.05, 3.63) is 46.2 Å². The Kier molecular flexibility index (Phi) is 5.13. The predicted molar refractivity (Wildman–Crippen MR) is 102 cm³/mol. The van der Waals surface area contributed by atoms with E-state index >= 15 is 0 Å². The molecule has 0 radical (unpaired) electrons. The fourth-order valence-corrected chi connectivity index (χ4v) is 4.38. The van der Waals surface area contributed by atoms with Crippen molar-refractivity contribution in [1.82, 2.24) is 34.4 Å². The first-order valence-corrected chi connectivity index (χ1v) is 9.99. The molecular weight excluding hydrogens is 362 g/mol. The zero-order valence-corrected chi connectivity index (χ0v) is 16.4. The van der Waals surface area contributed by atoms with E-state index in [4.69, 9.17) is 0 Å². The second-order valence-corrected chi connectivity index (χ2v) is 7.96. The molecule has 3 aromatic rings. The van der Waals surface area contributed by atoms with Gasteiger partial charge in [0.1, 0.15) is 25.0 Å². The monoisotopic (exact) mass is 385 g/mol. The summed E-state index contributed by atoms with van der Waals surface area (Å²) in [4.78, 5) is 18.7. The van der Waals surface area contributed by atoms with E-state index in [1.807, 2.05) is 13.1 Å². The molecule has 8 nitrogen and oxygen atoms in total. The quantitative estimate of drug-likeness (QED) is 0.605. The topological polar surface area (TPSA) is 81.7 Å². The smallest absolute Gasteiger partial charge is 0.169 e. The Morgan fingerprint density at radius 3 is 2.74 bits per heavy atom. The van der Waals surface area contributed by atoms with Crippen molar-refractivity contribution in [2.75, 3.05) is 13.1 Å². The number of hydrogen-bond acceptors (Lipinski definition) is 7. The Bertz CT molecular complexity index is 906. The highest BCUT2D eigenvalue weighted by atomic mass is 32.1. The van der Waals surface area contributed by atoms with Crippen LogP contribution in [0.5, 0.6) is 0 Å². The van der Waals surface area contributed by atoms with Gasteiger partial charge in [-0.2, -0.15) is 5.10 Å². The molecule has 0 N–H and O–H groups in total. The number of ketones is 1. The first-order valence-electron chi connectivity index (χ1n) is 9.11. The minimum absolute atomic E-state index is 0.147. The van der Waals surface area contributed by atoms with Gasteiger partial charge in [0.05, 0.1) is 4.88 Å². The third-order valence-electron chi connectivity index (χ3n) is 5.13. The molecule has 4 rings (SSSR count). The van der Waals surface area contributed by atoms with Crippen LogP contribution in [0.15, 0.2) is 24.1 Å². The number of likely N-dealkylation sites (tertiary alicyclic amines) is 1. The summed E-state index contributed by atoms with van der Waals surface area (Å²) >= 11 is 1.54. The lowest BCUT2D eigenvalue weighted by molar-refractivity contribution is 0.102. The van der Waals surface area contributed by atoms with Gasteiger partial charge in [-0.3, -0.25) is 9.69 Å². The van der Waals surface area contributed by atoms with Crippen molar-refractivity contribution < 1.29 is 4.79 Å². The predicted octanol–water partition coefficient (Wildman–Crippen LogP) is 2.10. The highest BCUT2D eigenvalue weighted by Crippen LogP contribution is 2.28. The fourth-order valence-electron chi connectivity index (χ4n) is 3.58. The highest BCUT2D eigenvalue weighted by molar-refractivity contribution is 7.12. The molecule has 1 aliphatic heterocycles. The second kappa shape index (κ2) is 7.69. The molecule has 27 heavy (non-hydrogen) atoms. The van der Waals surface area contributed by atoms with Gasteiger partial charge in [0.15, 0.2) is 11.6 Å². The average Bonchev–Trinajstić information content (AvgIpc) is 3.39. The lowest BCUT2D eigenvalue weighted by Crippen LogP contribution is -2.33. The van der Waals surface area contributed by atoms with E-state index in [9.17, 15) is 4.79 Å². The van der Waals surface area contributed by atoms with Gasteiger partial charge >= 0.3 is 0 Å². The minimum Gasteiger partial charge on any atom is -0.316 e. The summed E-state index contributed by atoms with van der Waals surface area (Å²) in [5, 5.41) is 15.0. The Morgan fingerprint density at radius 2 is 2.07 bits per heavy atom. The molecule has 3 aromatic heterocycles.